The number of allylic oxidation sites excluding steroid dienone is 1. The number of hydrogen-bond acceptors (Lipinski definition) is 6. The minimum absolute atomic E-state index is 0.235. The fraction of sp³-hybridized carbons (Fsp3) is 0.300. The first kappa shape index (κ1) is 18.4. The Morgan fingerprint density at radius 1 is 1.21 bits per heavy atom. The average molecular weight is 396 g/mol. The molecule has 3 aromatic rings. The standard InChI is InChI=1S/C20H22ClN7/c1-3-5-16-12-18(27-26-16)24-19-22-13(2)23-20(25-19)28-11-4-6-17(28)14-7-9-15(21)10-8-14/h3,5,7-10,12,17H,4,6,11H2,1-2H3,(H2,22,23,24,25,26,27)/b5-3+. The maximum atomic E-state index is 6.04. The van der Waals surface area contributed by atoms with Crippen LogP contribution < -0.4 is 10.2 Å². The highest BCUT2D eigenvalue weighted by Crippen LogP contribution is 2.35. The first-order valence-corrected chi connectivity index (χ1v) is 9.70. The molecule has 28 heavy (non-hydrogen) atoms. The van der Waals surface area contributed by atoms with Gasteiger partial charge in [-0.05, 0) is 50.5 Å². The largest absolute Gasteiger partial charge is 0.334 e. The zero-order valence-corrected chi connectivity index (χ0v) is 16.6. The summed E-state index contributed by atoms with van der Waals surface area (Å²) in [5, 5.41) is 11.1. The molecule has 0 bridgehead atoms. The Morgan fingerprint density at radius 3 is 2.82 bits per heavy atom. The lowest BCUT2D eigenvalue weighted by Gasteiger charge is -2.25. The van der Waals surface area contributed by atoms with Crippen LogP contribution in [0.5, 0.6) is 0 Å². The van der Waals surface area contributed by atoms with Gasteiger partial charge in [0.25, 0.3) is 0 Å². The van der Waals surface area contributed by atoms with Gasteiger partial charge in [0.1, 0.15) is 5.82 Å². The summed E-state index contributed by atoms with van der Waals surface area (Å²) in [5.41, 5.74) is 2.14. The Bertz CT molecular complexity index is 980. The fourth-order valence-corrected chi connectivity index (χ4v) is 3.60. The van der Waals surface area contributed by atoms with Crippen molar-refractivity contribution in [1.82, 2.24) is 25.1 Å². The number of aromatic amines is 1. The molecule has 1 aliphatic rings. The molecular weight excluding hydrogens is 374 g/mol. The Balaban J connectivity index is 1.59. The molecule has 3 heterocycles. The molecule has 0 radical (unpaired) electrons. The lowest BCUT2D eigenvalue weighted by atomic mass is 10.1. The van der Waals surface area contributed by atoms with Crippen molar-refractivity contribution in [2.24, 2.45) is 0 Å². The number of anilines is 3. The molecule has 0 spiro atoms. The predicted molar refractivity (Wildman–Crippen MR) is 112 cm³/mol. The van der Waals surface area contributed by atoms with Crippen molar-refractivity contribution in [1.29, 1.82) is 0 Å². The van der Waals surface area contributed by atoms with Gasteiger partial charge in [0.2, 0.25) is 11.9 Å². The molecule has 144 valence electrons. The number of hydrogen-bond donors (Lipinski definition) is 2. The number of rotatable bonds is 5. The van der Waals surface area contributed by atoms with Crippen molar-refractivity contribution < 1.29 is 0 Å². The molecule has 1 fully saturated rings. The van der Waals surface area contributed by atoms with Gasteiger partial charge in [0, 0.05) is 17.6 Å². The highest BCUT2D eigenvalue weighted by molar-refractivity contribution is 6.30. The molecule has 0 saturated carbocycles. The molecule has 2 aromatic heterocycles. The van der Waals surface area contributed by atoms with Crippen molar-refractivity contribution in [3.63, 3.8) is 0 Å². The van der Waals surface area contributed by atoms with Crippen LogP contribution >= 0.6 is 11.6 Å². The molecule has 4 rings (SSSR count). The Labute approximate surface area is 168 Å². The third-order valence-corrected chi connectivity index (χ3v) is 4.94. The SMILES string of the molecule is C/C=C/c1cc(Nc2nc(C)nc(N3CCCC3c3ccc(Cl)cc3)n2)n[nH]1. The monoisotopic (exact) mass is 395 g/mol. The maximum Gasteiger partial charge on any atom is 0.233 e. The summed E-state index contributed by atoms with van der Waals surface area (Å²) >= 11 is 6.04. The highest BCUT2D eigenvalue weighted by Gasteiger charge is 2.28. The van der Waals surface area contributed by atoms with Gasteiger partial charge >= 0.3 is 0 Å². The van der Waals surface area contributed by atoms with E-state index in [4.69, 9.17) is 11.6 Å². The van der Waals surface area contributed by atoms with E-state index in [0.29, 0.717) is 23.5 Å². The Hall–Kier alpha value is -2.93. The Morgan fingerprint density at radius 2 is 2.04 bits per heavy atom. The number of halogens is 1. The molecule has 2 N–H and O–H groups in total. The van der Waals surface area contributed by atoms with Gasteiger partial charge in [-0.3, -0.25) is 5.10 Å². The van der Waals surface area contributed by atoms with Crippen molar-refractivity contribution in [2.75, 3.05) is 16.8 Å². The molecule has 0 aliphatic carbocycles. The summed E-state index contributed by atoms with van der Waals surface area (Å²) in [4.78, 5) is 15.9. The van der Waals surface area contributed by atoms with Crippen LogP contribution in [0.15, 0.2) is 36.4 Å². The summed E-state index contributed by atoms with van der Waals surface area (Å²) in [6.07, 6.45) is 6.05. The molecule has 1 atom stereocenters. The fourth-order valence-electron chi connectivity index (χ4n) is 3.47. The van der Waals surface area contributed by atoms with Crippen LogP contribution in [-0.2, 0) is 0 Å². The molecule has 1 saturated heterocycles. The summed E-state index contributed by atoms with van der Waals surface area (Å²) in [5.74, 6) is 2.50. The van der Waals surface area contributed by atoms with Crippen LogP contribution in [0.1, 0.15) is 42.9 Å². The molecular formula is C20H22ClN7. The quantitative estimate of drug-likeness (QED) is 0.652. The summed E-state index contributed by atoms with van der Waals surface area (Å²) in [7, 11) is 0. The van der Waals surface area contributed by atoms with Crippen LogP contribution in [0.3, 0.4) is 0 Å². The smallest absolute Gasteiger partial charge is 0.233 e. The number of H-pyrrole nitrogens is 1. The molecule has 8 heteroatoms. The van der Waals surface area contributed by atoms with E-state index in [1.807, 2.05) is 44.2 Å². The molecule has 0 amide bonds. The summed E-state index contributed by atoms with van der Waals surface area (Å²) in [6, 6.07) is 10.2. The first-order chi connectivity index (χ1) is 13.6. The summed E-state index contributed by atoms with van der Waals surface area (Å²) < 4.78 is 0. The van der Waals surface area contributed by atoms with E-state index in [1.165, 1.54) is 5.56 Å². The van der Waals surface area contributed by atoms with Crippen molar-refractivity contribution in [3.8, 4) is 0 Å². The van der Waals surface area contributed by atoms with Gasteiger partial charge in [-0.2, -0.15) is 20.1 Å². The van der Waals surface area contributed by atoms with E-state index in [1.54, 1.807) is 0 Å². The van der Waals surface area contributed by atoms with Crippen LogP contribution in [0.4, 0.5) is 17.7 Å². The van der Waals surface area contributed by atoms with E-state index in [0.717, 1.165) is 30.1 Å². The van der Waals surface area contributed by atoms with E-state index in [-0.39, 0.29) is 6.04 Å². The second-order valence-electron chi connectivity index (χ2n) is 6.74. The second-order valence-corrected chi connectivity index (χ2v) is 7.18. The highest BCUT2D eigenvalue weighted by atomic mass is 35.5. The van der Waals surface area contributed by atoms with E-state index in [9.17, 15) is 0 Å². The number of aromatic nitrogens is 5. The molecule has 7 nitrogen and oxygen atoms in total. The van der Waals surface area contributed by atoms with Gasteiger partial charge in [0.15, 0.2) is 5.82 Å². The minimum Gasteiger partial charge on any atom is -0.334 e. The topological polar surface area (TPSA) is 82.6 Å². The van der Waals surface area contributed by atoms with Crippen LogP contribution in [0.2, 0.25) is 5.02 Å². The lowest BCUT2D eigenvalue weighted by molar-refractivity contribution is 0.697. The second kappa shape index (κ2) is 7.98. The van der Waals surface area contributed by atoms with Gasteiger partial charge < -0.3 is 10.2 Å². The van der Waals surface area contributed by atoms with Crippen molar-refractivity contribution in [2.45, 2.75) is 32.7 Å². The number of benzene rings is 1. The van der Waals surface area contributed by atoms with E-state index < -0.39 is 0 Å². The van der Waals surface area contributed by atoms with Gasteiger partial charge in [0.05, 0.1) is 11.7 Å². The zero-order valence-electron chi connectivity index (χ0n) is 15.9. The predicted octanol–water partition coefficient (Wildman–Crippen LogP) is 4.67. The van der Waals surface area contributed by atoms with Gasteiger partial charge in [-0.25, -0.2) is 0 Å². The van der Waals surface area contributed by atoms with E-state index in [2.05, 4.69) is 47.5 Å². The molecule has 1 unspecified atom stereocenters. The third kappa shape index (κ3) is 3.99. The van der Waals surface area contributed by atoms with E-state index >= 15 is 0 Å². The Kier molecular flexibility index (Phi) is 5.25. The maximum absolute atomic E-state index is 6.04. The van der Waals surface area contributed by atoms with Crippen molar-refractivity contribution in [3.05, 3.63) is 58.5 Å². The molecule has 1 aromatic carbocycles. The van der Waals surface area contributed by atoms with Gasteiger partial charge in [-0.15, -0.1) is 0 Å². The number of aryl methyl sites for hydroxylation is 1. The number of nitrogens with one attached hydrogen (secondary N) is 2. The normalized spacial score (nSPS) is 16.8. The zero-order chi connectivity index (χ0) is 19.5. The van der Waals surface area contributed by atoms with Gasteiger partial charge in [-0.1, -0.05) is 29.8 Å². The first-order valence-electron chi connectivity index (χ1n) is 9.32. The third-order valence-electron chi connectivity index (χ3n) is 4.68. The molecule has 1 aliphatic heterocycles. The minimum atomic E-state index is 0.235. The summed E-state index contributed by atoms with van der Waals surface area (Å²) in [6.45, 7) is 4.74. The van der Waals surface area contributed by atoms with Crippen LogP contribution in [0.25, 0.3) is 6.08 Å². The number of nitrogens with zero attached hydrogens (tertiary/aromatic N) is 5. The van der Waals surface area contributed by atoms with Crippen LogP contribution in [0, 0.1) is 6.92 Å². The lowest BCUT2D eigenvalue weighted by Crippen LogP contribution is -2.25. The van der Waals surface area contributed by atoms with Crippen molar-refractivity contribution >= 4 is 35.4 Å². The average Bonchev–Trinajstić information content (AvgIpc) is 3.32. The van der Waals surface area contributed by atoms with Crippen LogP contribution in [-0.4, -0.2) is 31.7 Å².